The highest BCUT2D eigenvalue weighted by Crippen LogP contribution is 2.31. The van der Waals surface area contributed by atoms with Crippen LogP contribution in [0.25, 0.3) is 10.8 Å². The molecule has 6 heteroatoms. The summed E-state index contributed by atoms with van der Waals surface area (Å²) in [6.07, 6.45) is 0. The third kappa shape index (κ3) is 3.06. The molecule has 0 saturated heterocycles. The summed E-state index contributed by atoms with van der Waals surface area (Å²) in [5, 5.41) is 2.17. The summed E-state index contributed by atoms with van der Waals surface area (Å²) >= 11 is 8.29. The van der Waals surface area contributed by atoms with Crippen molar-refractivity contribution in [2.75, 3.05) is 4.72 Å². The topological polar surface area (TPSA) is 46.2 Å². The van der Waals surface area contributed by atoms with Gasteiger partial charge in [-0.1, -0.05) is 35.9 Å². The molecule has 3 aromatic carbocycles. The number of hydrogen-bond acceptors (Lipinski definition) is 2. The van der Waals surface area contributed by atoms with Crippen molar-refractivity contribution in [1.82, 2.24) is 0 Å². The van der Waals surface area contributed by atoms with Crippen LogP contribution in [0, 0.1) is 3.57 Å². The van der Waals surface area contributed by atoms with E-state index in [1.165, 1.54) is 0 Å². The number of rotatable bonds is 3. The average molecular weight is 444 g/mol. The smallest absolute Gasteiger partial charge is 0.261 e. The van der Waals surface area contributed by atoms with E-state index in [2.05, 4.69) is 27.3 Å². The highest BCUT2D eigenvalue weighted by molar-refractivity contribution is 14.1. The van der Waals surface area contributed by atoms with Crippen LogP contribution < -0.4 is 4.72 Å². The van der Waals surface area contributed by atoms with Gasteiger partial charge in [-0.25, -0.2) is 8.42 Å². The van der Waals surface area contributed by atoms with E-state index in [9.17, 15) is 8.42 Å². The molecule has 0 aliphatic heterocycles. The molecule has 0 aliphatic carbocycles. The SMILES string of the molecule is O=S(=O)(Nc1ccc(Cl)c2ccccc12)c1ccc(I)cc1. The van der Waals surface area contributed by atoms with Gasteiger partial charge in [-0.15, -0.1) is 0 Å². The van der Waals surface area contributed by atoms with Crippen molar-refractivity contribution >= 4 is 60.7 Å². The number of nitrogens with one attached hydrogen (secondary N) is 1. The molecule has 1 N–H and O–H groups in total. The Morgan fingerprint density at radius 3 is 2.18 bits per heavy atom. The number of sulfonamides is 1. The average Bonchev–Trinajstić information content (AvgIpc) is 2.51. The Labute approximate surface area is 147 Å². The minimum Gasteiger partial charge on any atom is -0.279 e. The van der Waals surface area contributed by atoms with E-state index >= 15 is 0 Å². The van der Waals surface area contributed by atoms with Crippen molar-refractivity contribution in [3.05, 3.63) is 69.3 Å². The molecule has 0 fully saturated rings. The lowest BCUT2D eigenvalue weighted by atomic mass is 10.1. The number of benzene rings is 3. The third-order valence-corrected chi connectivity index (χ3v) is 5.67. The molecule has 0 aromatic heterocycles. The van der Waals surface area contributed by atoms with E-state index in [0.29, 0.717) is 10.7 Å². The van der Waals surface area contributed by atoms with Crippen molar-refractivity contribution in [3.63, 3.8) is 0 Å². The molecule has 0 aliphatic rings. The van der Waals surface area contributed by atoms with Gasteiger partial charge in [0.25, 0.3) is 10.0 Å². The van der Waals surface area contributed by atoms with Crippen LogP contribution in [0.1, 0.15) is 0 Å². The number of fused-ring (bicyclic) bond motifs is 1. The van der Waals surface area contributed by atoms with Crippen LogP contribution in [0.3, 0.4) is 0 Å². The van der Waals surface area contributed by atoms with Gasteiger partial charge in [-0.05, 0) is 59.0 Å². The van der Waals surface area contributed by atoms with Crippen molar-refractivity contribution in [1.29, 1.82) is 0 Å². The quantitative estimate of drug-likeness (QED) is 0.585. The van der Waals surface area contributed by atoms with Gasteiger partial charge in [0.15, 0.2) is 0 Å². The van der Waals surface area contributed by atoms with Crippen LogP contribution in [-0.2, 0) is 10.0 Å². The molecular weight excluding hydrogens is 433 g/mol. The van der Waals surface area contributed by atoms with Crippen LogP contribution in [0.5, 0.6) is 0 Å². The van der Waals surface area contributed by atoms with Gasteiger partial charge in [0.1, 0.15) is 0 Å². The minimum absolute atomic E-state index is 0.229. The van der Waals surface area contributed by atoms with Crippen LogP contribution in [0.2, 0.25) is 5.02 Å². The zero-order valence-electron chi connectivity index (χ0n) is 11.3. The fraction of sp³-hybridized carbons (Fsp3) is 0. The summed E-state index contributed by atoms with van der Waals surface area (Å²) in [7, 11) is -3.63. The molecule has 0 unspecified atom stereocenters. The lowest BCUT2D eigenvalue weighted by Gasteiger charge is -2.11. The Balaban J connectivity index is 2.06. The number of halogens is 2. The Hall–Kier alpha value is -1.31. The molecule has 0 spiro atoms. The largest absolute Gasteiger partial charge is 0.279 e. The van der Waals surface area contributed by atoms with Crippen molar-refractivity contribution in [2.24, 2.45) is 0 Å². The molecular formula is C16H11ClINO2S. The second-order valence-corrected chi connectivity index (χ2v) is 8.04. The van der Waals surface area contributed by atoms with Crippen molar-refractivity contribution in [3.8, 4) is 0 Å². The van der Waals surface area contributed by atoms with Gasteiger partial charge in [-0.3, -0.25) is 4.72 Å². The van der Waals surface area contributed by atoms with Gasteiger partial charge < -0.3 is 0 Å². The summed E-state index contributed by atoms with van der Waals surface area (Å²) in [6.45, 7) is 0. The Bertz CT molecular complexity index is 940. The van der Waals surface area contributed by atoms with Crippen LogP contribution in [0.15, 0.2) is 65.6 Å². The lowest BCUT2D eigenvalue weighted by Crippen LogP contribution is -2.13. The first-order valence-electron chi connectivity index (χ1n) is 6.43. The van der Waals surface area contributed by atoms with Gasteiger partial charge in [0, 0.05) is 19.4 Å². The van der Waals surface area contributed by atoms with Gasteiger partial charge in [-0.2, -0.15) is 0 Å². The lowest BCUT2D eigenvalue weighted by molar-refractivity contribution is 0.601. The van der Waals surface area contributed by atoms with Crippen LogP contribution in [0.4, 0.5) is 5.69 Å². The Morgan fingerprint density at radius 1 is 0.864 bits per heavy atom. The molecule has 22 heavy (non-hydrogen) atoms. The van der Waals surface area contributed by atoms with E-state index in [0.717, 1.165) is 14.3 Å². The summed E-state index contributed by atoms with van der Waals surface area (Å²) in [6, 6.07) is 17.5. The zero-order valence-corrected chi connectivity index (χ0v) is 15.0. The Kier molecular flexibility index (Phi) is 4.29. The third-order valence-electron chi connectivity index (χ3n) is 3.24. The number of anilines is 1. The Morgan fingerprint density at radius 2 is 1.50 bits per heavy atom. The first-order valence-corrected chi connectivity index (χ1v) is 9.37. The second kappa shape index (κ2) is 6.06. The fourth-order valence-electron chi connectivity index (χ4n) is 2.17. The molecule has 3 nitrogen and oxygen atoms in total. The van der Waals surface area contributed by atoms with Gasteiger partial charge in [0.05, 0.1) is 10.6 Å². The monoisotopic (exact) mass is 443 g/mol. The maximum Gasteiger partial charge on any atom is 0.261 e. The standard InChI is InChI=1S/C16H11ClINO2S/c17-15-9-10-16(14-4-2-1-3-13(14)15)19-22(20,21)12-7-5-11(18)6-8-12/h1-10,19H. The summed E-state index contributed by atoms with van der Waals surface area (Å²) < 4.78 is 28.6. The predicted molar refractivity (Wildman–Crippen MR) is 98.9 cm³/mol. The van der Waals surface area contributed by atoms with Crippen molar-refractivity contribution < 1.29 is 8.42 Å². The number of hydrogen-bond donors (Lipinski definition) is 1. The molecule has 0 saturated carbocycles. The van der Waals surface area contributed by atoms with Crippen LogP contribution in [-0.4, -0.2) is 8.42 Å². The molecule has 0 amide bonds. The predicted octanol–water partition coefficient (Wildman–Crippen LogP) is 4.90. The minimum atomic E-state index is -3.63. The molecule has 112 valence electrons. The van der Waals surface area contributed by atoms with Gasteiger partial charge in [0.2, 0.25) is 0 Å². The first-order chi connectivity index (χ1) is 10.5. The molecule has 0 bridgehead atoms. The molecule has 0 radical (unpaired) electrons. The van der Waals surface area contributed by atoms with Gasteiger partial charge >= 0.3 is 0 Å². The highest BCUT2D eigenvalue weighted by Gasteiger charge is 2.15. The summed E-state index contributed by atoms with van der Waals surface area (Å²) in [4.78, 5) is 0.229. The maximum absolute atomic E-state index is 12.5. The summed E-state index contributed by atoms with van der Waals surface area (Å²) in [5.41, 5.74) is 0.513. The van der Waals surface area contributed by atoms with E-state index in [1.54, 1.807) is 36.4 Å². The normalized spacial score (nSPS) is 11.5. The second-order valence-electron chi connectivity index (χ2n) is 4.70. The maximum atomic E-state index is 12.5. The van der Waals surface area contributed by atoms with E-state index in [1.807, 2.05) is 24.3 Å². The highest BCUT2D eigenvalue weighted by atomic mass is 127. The first kappa shape index (κ1) is 15.6. The van der Waals surface area contributed by atoms with E-state index in [4.69, 9.17) is 11.6 Å². The molecule has 0 atom stereocenters. The molecule has 0 heterocycles. The molecule has 3 rings (SSSR count). The zero-order chi connectivity index (χ0) is 15.7. The van der Waals surface area contributed by atoms with Crippen LogP contribution >= 0.6 is 34.2 Å². The molecule has 3 aromatic rings. The summed E-state index contributed by atoms with van der Waals surface area (Å²) in [5.74, 6) is 0. The van der Waals surface area contributed by atoms with E-state index < -0.39 is 10.0 Å². The van der Waals surface area contributed by atoms with Crippen molar-refractivity contribution in [2.45, 2.75) is 4.90 Å². The van der Waals surface area contributed by atoms with E-state index in [-0.39, 0.29) is 4.90 Å². The fourth-order valence-corrected chi connectivity index (χ4v) is 3.84.